The van der Waals surface area contributed by atoms with Crippen molar-refractivity contribution in [2.75, 3.05) is 33.4 Å². The maximum atomic E-state index is 12.7. The molecule has 1 aliphatic carbocycles. The molecule has 5 heteroatoms. The molecule has 138 valence electrons. The van der Waals surface area contributed by atoms with E-state index in [0.717, 1.165) is 51.1 Å². The summed E-state index contributed by atoms with van der Waals surface area (Å²) in [6.07, 6.45) is 5.45. The van der Waals surface area contributed by atoms with Crippen LogP contribution in [0.5, 0.6) is 5.75 Å². The van der Waals surface area contributed by atoms with E-state index in [9.17, 15) is 4.79 Å². The van der Waals surface area contributed by atoms with Gasteiger partial charge in [-0.05, 0) is 37.0 Å². The number of methoxy groups -OCH3 is 1. The zero-order valence-corrected chi connectivity index (χ0v) is 15.2. The SMILES string of the molecule is COc1cccc(CN2CCCOCCNC(=O)[C@@H]3CCCC[C@@H]32)c1. The first-order chi connectivity index (χ1) is 12.3. The molecule has 0 bridgehead atoms. The van der Waals surface area contributed by atoms with E-state index in [0.29, 0.717) is 19.2 Å². The first-order valence-electron chi connectivity index (χ1n) is 9.50. The van der Waals surface area contributed by atoms with Gasteiger partial charge in [0.15, 0.2) is 0 Å². The number of hydrogen-bond acceptors (Lipinski definition) is 4. The van der Waals surface area contributed by atoms with Crippen molar-refractivity contribution in [1.82, 2.24) is 10.2 Å². The van der Waals surface area contributed by atoms with Crippen molar-refractivity contribution in [3.8, 4) is 5.75 Å². The average Bonchev–Trinajstić information content (AvgIpc) is 2.68. The van der Waals surface area contributed by atoms with Gasteiger partial charge in [-0.2, -0.15) is 0 Å². The standard InChI is InChI=1S/C20H30N2O3/c1-24-17-7-4-6-16(14-17)15-22-11-5-12-25-13-10-21-20(23)18-8-2-3-9-19(18)22/h4,6-7,14,18-19H,2-3,5,8-13,15H2,1H3,(H,21,23)/t18-,19+/m1/s1. The van der Waals surface area contributed by atoms with Crippen molar-refractivity contribution in [2.45, 2.75) is 44.7 Å². The molecular formula is C20H30N2O3. The Labute approximate surface area is 150 Å². The third kappa shape index (κ3) is 4.95. The predicted octanol–water partition coefficient (Wildman–Crippen LogP) is 2.59. The van der Waals surface area contributed by atoms with Crippen molar-refractivity contribution in [1.29, 1.82) is 0 Å². The molecule has 0 aromatic heterocycles. The zero-order valence-electron chi connectivity index (χ0n) is 15.2. The van der Waals surface area contributed by atoms with Crippen molar-refractivity contribution >= 4 is 5.91 Å². The van der Waals surface area contributed by atoms with Gasteiger partial charge in [0.1, 0.15) is 5.75 Å². The number of nitrogens with zero attached hydrogens (tertiary/aromatic N) is 1. The quantitative estimate of drug-likeness (QED) is 0.914. The van der Waals surface area contributed by atoms with Gasteiger partial charge in [-0.25, -0.2) is 0 Å². The maximum absolute atomic E-state index is 12.7. The smallest absolute Gasteiger partial charge is 0.224 e. The molecule has 1 saturated heterocycles. The topological polar surface area (TPSA) is 50.8 Å². The van der Waals surface area contributed by atoms with Crippen LogP contribution in [0.4, 0.5) is 0 Å². The predicted molar refractivity (Wildman–Crippen MR) is 97.6 cm³/mol. The molecule has 1 amide bonds. The highest BCUT2D eigenvalue weighted by atomic mass is 16.5. The summed E-state index contributed by atoms with van der Waals surface area (Å²) in [4.78, 5) is 15.2. The number of fused-ring (bicyclic) bond motifs is 1. The molecule has 0 unspecified atom stereocenters. The lowest BCUT2D eigenvalue weighted by Crippen LogP contribution is -2.48. The van der Waals surface area contributed by atoms with Crippen LogP contribution in [0.2, 0.25) is 0 Å². The molecule has 1 aromatic rings. The molecule has 1 heterocycles. The Bertz CT molecular complexity index is 564. The Morgan fingerprint density at radius 2 is 2.12 bits per heavy atom. The molecule has 1 aromatic carbocycles. The van der Waals surface area contributed by atoms with Gasteiger partial charge in [-0.3, -0.25) is 9.69 Å². The molecule has 2 fully saturated rings. The lowest BCUT2D eigenvalue weighted by atomic mass is 9.82. The fraction of sp³-hybridized carbons (Fsp3) is 0.650. The number of nitrogens with one attached hydrogen (secondary N) is 1. The van der Waals surface area contributed by atoms with Crippen LogP contribution in [0.1, 0.15) is 37.7 Å². The highest BCUT2D eigenvalue weighted by Crippen LogP contribution is 2.30. The van der Waals surface area contributed by atoms with Gasteiger partial charge in [0.2, 0.25) is 5.91 Å². The van der Waals surface area contributed by atoms with Gasteiger partial charge in [0, 0.05) is 32.3 Å². The molecular weight excluding hydrogens is 316 g/mol. The van der Waals surface area contributed by atoms with Crippen molar-refractivity contribution in [3.63, 3.8) is 0 Å². The lowest BCUT2D eigenvalue weighted by molar-refractivity contribution is -0.128. The average molecular weight is 346 g/mol. The van der Waals surface area contributed by atoms with Gasteiger partial charge in [0.05, 0.1) is 19.6 Å². The third-order valence-electron chi connectivity index (χ3n) is 5.33. The molecule has 1 saturated carbocycles. The highest BCUT2D eigenvalue weighted by molar-refractivity contribution is 5.79. The largest absolute Gasteiger partial charge is 0.497 e. The van der Waals surface area contributed by atoms with Crippen molar-refractivity contribution in [2.24, 2.45) is 5.92 Å². The van der Waals surface area contributed by atoms with Crippen molar-refractivity contribution in [3.05, 3.63) is 29.8 Å². The second kappa shape index (κ2) is 9.20. The first-order valence-corrected chi connectivity index (χ1v) is 9.50. The van der Waals surface area contributed by atoms with E-state index >= 15 is 0 Å². The minimum Gasteiger partial charge on any atom is -0.497 e. The maximum Gasteiger partial charge on any atom is 0.224 e. The molecule has 2 atom stereocenters. The Hall–Kier alpha value is -1.59. The second-order valence-corrected chi connectivity index (χ2v) is 7.04. The van der Waals surface area contributed by atoms with E-state index in [1.165, 1.54) is 12.0 Å². The molecule has 25 heavy (non-hydrogen) atoms. The van der Waals surface area contributed by atoms with Gasteiger partial charge >= 0.3 is 0 Å². The van der Waals surface area contributed by atoms with E-state index in [-0.39, 0.29) is 11.8 Å². The Morgan fingerprint density at radius 1 is 1.24 bits per heavy atom. The molecule has 2 aliphatic rings. The number of ether oxygens (including phenoxy) is 2. The minimum atomic E-state index is 0.0949. The summed E-state index contributed by atoms with van der Waals surface area (Å²) >= 11 is 0. The van der Waals surface area contributed by atoms with E-state index in [4.69, 9.17) is 9.47 Å². The molecule has 1 aliphatic heterocycles. The van der Waals surface area contributed by atoms with Crippen LogP contribution >= 0.6 is 0 Å². The van der Waals surface area contributed by atoms with Gasteiger partial charge in [-0.15, -0.1) is 0 Å². The van der Waals surface area contributed by atoms with Gasteiger partial charge in [0.25, 0.3) is 0 Å². The van der Waals surface area contributed by atoms with Crippen LogP contribution in [-0.4, -0.2) is 50.3 Å². The van der Waals surface area contributed by atoms with Crippen LogP contribution in [0.15, 0.2) is 24.3 Å². The van der Waals surface area contributed by atoms with Crippen LogP contribution in [0.25, 0.3) is 0 Å². The van der Waals surface area contributed by atoms with E-state index in [1.54, 1.807) is 7.11 Å². The summed E-state index contributed by atoms with van der Waals surface area (Å²) in [6, 6.07) is 8.56. The number of amides is 1. The highest BCUT2D eigenvalue weighted by Gasteiger charge is 2.34. The fourth-order valence-electron chi connectivity index (χ4n) is 4.07. The van der Waals surface area contributed by atoms with E-state index in [2.05, 4.69) is 22.3 Å². The summed E-state index contributed by atoms with van der Waals surface area (Å²) in [7, 11) is 1.70. The number of benzene rings is 1. The summed E-state index contributed by atoms with van der Waals surface area (Å²) in [6.45, 7) is 3.80. The van der Waals surface area contributed by atoms with Gasteiger partial charge < -0.3 is 14.8 Å². The zero-order chi connectivity index (χ0) is 17.5. The second-order valence-electron chi connectivity index (χ2n) is 7.04. The number of carbonyl (C=O) groups is 1. The van der Waals surface area contributed by atoms with E-state index in [1.807, 2.05) is 12.1 Å². The van der Waals surface area contributed by atoms with Gasteiger partial charge in [-0.1, -0.05) is 25.0 Å². The first kappa shape index (κ1) is 18.2. The number of carbonyl (C=O) groups excluding carboxylic acids is 1. The van der Waals surface area contributed by atoms with Crippen molar-refractivity contribution < 1.29 is 14.3 Å². The van der Waals surface area contributed by atoms with Crippen LogP contribution in [0.3, 0.4) is 0 Å². The Balaban J connectivity index is 1.79. The summed E-state index contributed by atoms with van der Waals surface area (Å²) < 4.78 is 11.0. The number of hydrogen-bond donors (Lipinski definition) is 1. The molecule has 3 rings (SSSR count). The molecule has 1 N–H and O–H groups in total. The normalized spacial score (nSPS) is 26.2. The lowest BCUT2D eigenvalue weighted by Gasteiger charge is -2.39. The molecule has 5 nitrogen and oxygen atoms in total. The Morgan fingerprint density at radius 3 is 3.00 bits per heavy atom. The minimum absolute atomic E-state index is 0.0949. The monoisotopic (exact) mass is 346 g/mol. The van der Waals surface area contributed by atoms with E-state index < -0.39 is 0 Å². The summed E-state index contributed by atoms with van der Waals surface area (Å²) in [5.74, 6) is 1.18. The number of rotatable bonds is 3. The Kier molecular flexibility index (Phi) is 6.70. The summed E-state index contributed by atoms with van der Waals surface area (Å²) in [5, 5.41) is 3.07. The molecule has 0 spiro atoms. The van der Waals surface area contributed by atoms with Crippen LogP contribution < -0.4 is 10.1 Å². The third-order valence-corrected chi connectivity index (χ3v) is 5.33. The summed E-state index contributed by atoms with van der Waals surface area (Å²) in [5.41, 5.74) is 1.24. The van der Waals surface area contributed by atoms with Crippen LogP contribution in [-0.2, 0) is 16.1 Å². The fourth-order valence-corrected chi connectivity index (χ4v) is 4.07. The van der Waals surface area contributed by atoms with Crippen LogP contribution in [0, 0.1) is 5.92 Å². The molecule has 0 radical (unpaired) electrons.